The fourth-order valence-corrected chi connectivity index (χ4v) is 1.88. The first-order valence-corrected chi connectivity index (χ1v) is 7.24. The van der Waals surface area contributed by atoms with Gasteiger partial charge in [0.1, 0.15) is 5.69 Å². The number of hydrogen-bond donors (Lipinski definition) is 2. The Balaban J connectivity index is 1.92. The Morgan fingerprint density at radius 2 is 2.05 bits per heavy atom. The van der Waals surface area contributed by atoms with Gasteiger partial charge in [0, 0.05) is 32.1 Å². The summed E-state index contributed by atoms with van der Waals surface area (Å²) in [5, 5.41) is 6.08. The van der Waals surface area contributed by atoms with Crippen LogP contribution in [0, 0.1) is 0 Å². The highest BCUT2D eigenvalue weighted by Gasteiger charge is 2.08. The third-order valence-corrected chi connectivity index (χ3v) is 3.28. The minimum Gasteiger partial charge on any atom is -0.382 e. The molecule has 0 aliphatic heterocycles. The molecule has 1 amide bonds. The summed E-state index contributed by atoms with van der Waals surface area (Å²) in [5.41, 5.74) is 2.30. The fourth-order valence-electron chi connectivity index (χ4n) is 1.88. The van der Waals surface area contributed by atoms with E-state index in [1.165, 1.54) is 0 Å². The number of amides is 1. The third kappa shape index (κ3) is 4.86. The molecule has 0 saturated carbocycles. The molecule has 1 aromatic carbocycles. The molecule has 2 N–H and O–H groups in total. The summed E-state index contributed by atoms with van der Waals surface area (Å²) in [6, 6.07) is 13.3. The second-order valence-electron chi connectivity index (χ2n) is 5.03. The second kappa shape index (κ2) is 8.14. The fraction of sp³-hybridized carbons (Fsp3) is 0.294. The molecule has 1 unspecified atom stereocenters. The predicted octanol–water partition coefficient (Wildman–Crippen LogP) is 2.46. The Labute approximate surface area is 130 Å². The van der Waals surface area contributed by atoms with Crippen molar-refractivity contribution < 1.29 is 9.53 Å². The van der Waals surface area contributed by atoms with Gasteiger partial charge in [-0.15, -0.1) is 0 Å². The first-order valence-electron chi connectivity index (χ1n) is 7.24. The van der Waals surface area contributed by atoms with Gasteiger partial charge in [0.2, 0.25) is 0 Å². The lowest BCUT2D eigenvalue weighted by Gasteiger charge is -2.12. The minimum atomic E-state index is -0.188. The van der Waals surface area contributed by atoms with Gasteiger partial charge in [0.25, 0.3) is 5.91 Å². The molecule has 5 nitrogen and oxygen atoms in total. The van der Waals surface area contributed by atoms with Gasteiger partial charge < -0.3 is 15.4 Å². The van der Waals surface area contributed by atoms with E-state index in [-0.39, 0.29) is 12.0 Å². The van der Waals surface area contributed by atoms with Gasteiger partial charge in [0.05, 0.1) is 6.10 Å². The van der Waals surface area contributed by atoms with Crippen LogP contribution in [-0.2, 0) is 11.3 Å². The molecule has 2 rings (SSSR count). The number of methoxy groups -OCH3 is 1. The van der Waals surface area contributed by atoms with E-state index < -0.39 is 0 Å². The van der Waals surface area contributed by atoms with Crippen molar-refractivity contribution in [3.05, 3.63) is 59.9 Å². The average molecular weight is 299 g/mol. The van der Waals surface area contributed by atoms with Gasteiger partial charge in [-0.05, 0) is 24.6 Å². The molecule has 0 fully saturated rings. The number of rotatable bonds is 7. The van der Waals surface area contributed by atoms with Crippen LogP contribution in [0.3, 0.4) is 0 Å². The average Bonchev–Trinajstić information content (AvgIpc) is 2.58. The molecule has 2 aromatic rings. The lowest BCUT2D eigenvalue weighted by atomic mass is 10.2. The summed E-state index contributed by atoms with van der Waals surface area (Å²) in [6.07, 6.45) is 1.72. The normalized spacial score (nSPS) is 11.7. The molecule has 1 heterocycles. The van der Waals surface area contributed by atoms with Crippen molar-refractivity contribution in [3.8, 4) is 0 Å². The van der Waals surface area contributed by atoms with E-state index in [4.69, 9.17) is 4.74 Å². The zero-order valence-electron chi connectivity index (χ0n) is 12.9. The Morgan fingerprint density at radius 1 is 1.27 bits per heavy atom. The van der Waals surface area contributed by atoms with Gasteiger partial charge in [0.15, 0.2) is 0 Å². The van der Waals surface area contributed by atoms with Crippen LogP contribution < -0.4 is 10.6 Å². The highest BCUT2D eigenvalue weighted by Crippen LogP contribution is 2.09. The molecule has 1 atom stereocenters. The maximum atomic E-state index is 12.1. The topological polar surface area (TPSA) is 63.2 Å². The molecule has 116 valence electrons. The standard InChI is InChI=1S/C17H21N3O2/c1-13(22-2)11-19-15-8-9-18-16(10-15)17(21)20-12-14-6-4-3-5-7-14/h3-10,13H,11-12H2,1-2H3,(H,18,19)(H,20,21). The van der Waals surface area contributed by atoms with E-state index in [9.17, 15) is 4.79 Å². The molecular weight excluding hydrogens is 278 g/mol. The number of anilines is 1. The quantitative estimate of drug-likeness (QED) is 0.824. The molecule has 0 spiro atoms. The van der Waals surface area contributed by atoms with Gasteiger partial charge >= 0.3 is 0 Å². The van der Waals surface area contributed by atoms with Gasteiger partial charge in [-0.1, -0.05) is 30.3 Å². The molecule has 1 aromatic heterocycles. The summed E-state index contributed by atoms with van der Waals surface area (Å²) < 4.78 is 5.18. The lowest BCUT2D eigenvalue weighted by Crippen LogP contribution is -2.24. The molecule has 22 heavy (non-hydrogen) atoms. The van der Waals surface area contributed by atoms with E-state index in [1.54, 1.807) is 19.4 Å². The van der Waals surface area contributed by atoms with Gasteiger partial charge in [-0.25, -0.2) is 0 Å². The van der Waals surface area contributed by atoms with Crippen molar-refractivity contribution in [2.24, 2.45) is 0 Å². The van der Waals surface area contributed by atoms with E-state index >= 15 is 0 Å². The zero-order valence-corrected chi connectivity index (χ0v) is 12.9. The van der Waals surface area contributed by atoms with Crippen LogP contribution in [0.5, 0.6) is 0 Å². The van der Waals surface area contributed by atoms with Crippen LogP contribution in [0.2, 0.25) is 0 Å². The monoisotopic (exact) mass is 299 g/mol. The number of nitrogens with one attached hydrogen (secondary N) is 2. The van der Waals surface area contributed by atoms with Crippen molar-refractivity contribution >= 4 is 11.6 Å². The van der Waals surface area contributed by atoms with E-state index in [0.717, 1.165) is 11.3 Å². The van der Waals surface area contributed by atoms with E-state index in [1.807, 2.05) is 43.3 Å². The zero-order chi connectivity index (χ0) is 15.8. The minimum absolute atomic E-state index is 0.100. The van der Waals surface area contributed by atoms with Crippen molar-refractivity contribution in [1.29, 1.82) is 0 Å². The summed E-state index contributed by atoms with van der Waals surface area (Å²) in [5.74, 6) is -0.188. The second-order valence-corrected chi connectivity index (χ2v) is 5.03. The van der Waals surface area contributed by atoms with Crippen LogP contribution in [0.1, 0.15) is 23.0 Å². The summed E-state index contributed by atoms with van der Waals surface area (Å²) in [4.78, 5) is 16.3. The molecule has 0 radical (unpaired) electrons. The van der Waals surface area contributed by atoms with E-state index in [2.05, 4.69) is 15.6 Å². The Morgan fingerprint density at radius 3 is 2.77 bits per heavy atom. The number of carbonyl (C=O) groups is 1. The van der Waals surface area contributed by atoms with Crippen molar-refractivity contribution in [1.82, 2.24) is 10.3 Å². The SMILES string of the molecule is COC(C)CNc1ccnc(C(=O)NCc2ccccc2)c1. The Bertz CT molecular complexity index is 602. The number of ether oxygens (including phenoxy) is 1. The molecule has 0 aliphatic rings. The summed E-state index contributed by atoms with van der Waals surface area (Å²) in [6.45, 7) is 3.13. The van der Waals surface area contributed by atoms with Gasteiger partial charge in [-0.2, -0.15) is 0 Å². The van der Waals surface area contributed by atoms with Gasteiger partial charge in [-0.3, -0.25) is 9.78 Å². The maximum Gasteiger partial charge on any atom is 0.270 e. The number of pyridine rings is 1. The largest absolute Gasteiger partial charge is 0.382 e. The third-order valence-electron chi connectivity index (χ3n) is 3.28. The van der Waals surface area contributed by atoms with Crippen LogP contribution in [0.25, 0.3) is 0 Å². The molecule has 0 aliphatic carbocycles. The lowest BCUT2D eigenvalue weighted by molar-refractivity contribution is 0.0946. The molecule has 5 heteroatoms. The number of nitrogens with zero attached hydrogens (tertiary/aromatic N) is 1. The van der Waals surface area contributed by atoms with E-state index in [0.29, 0.717) is 18.8 Å². The number of benzene rings is 1. The molecule has 0 bridgehead atoms. The highest BCUT2D eigenvalue weighted by molar-refractivity contribution is 5.93. The molecular formula is C17H21N3O2. The van der Waals surface area contributed by atoms with Crippen molar-refractivity contribution in [2.45, 2.75) is 19.6 Å². The predicted molar refractivity (Wildman–Crippen MR) is 86.8 cm³/mol. The number of hydrogen-bond acceptors (Lipinski definition) is 4. The Hall–Kier alpha value is -2.40. The maximum absolute atomic E-state index is 12.1. The van der Waals surface area contributed by atoms with Crippen LogP contribution in [-0.4, -0.2) is 30.6 Å². The number of aromatic nitrogens is 1. The Kier molecular flexibility index (Phi) is 5.91. The summed E-state index contributed by atoms with van der Waals surface area (Å²) >= 11 is 0. The van der Waals surface area contributed by atoms with Crippen LogP contribution in [0.15, 0.2) is 48.7 Å². The van der Waals surface area contributed by atoms with Crippen molar-refractivity contribution in [3.63, 3.8) is 0 Å². The van der Waals surface area contributed by atoms with Crippen LogP contribution >= 0.6 is 0 Å². The highest BCUT2D eigenvalue weighted by atomic mass is 16.5. The first-order chi connectivity index (χ1) is 10.7. The first kappa shape index (κ1) is 16.0. The summed E-state index contributed by atoms with van der Waals surface area (Å²) in [7, 11) is 1.67. The molecule has 0 saturated heterocycles. The number of carbonyl (C=O) groups excluding carboxylic acids is 1. The van der Waals surface area contributed by atoms with Crippen LogP contribution in [0.4, 0.5) is 5.69 Å². The smallest absolute Gasteiger partial charge is 0.270 e. The van der Waals surface area contributed by atoms with Crippen molar-refractivity contribution in [2.75, 3.05) is 19.0 Å².